The third-order valence-corrected chi connectivity index (χ3v) is 5.41. The number of rotatable bonds is 4. The Bertz CT molecular complexity index is 974. The number of imidazole rings is 1. The minimum Gasteiger partial charge on any atom is -0.444 e. The molecule has 1 amide bonds. The fourth-order valence-corrected chi connectivity index (χ4v) is 3.90. The zero-order valence-electron chi connectivity index (χ0n) is 19.0. The number of hydrogen-bond acceptors (Lipinski definition) is 6. The zero-order chi connectivity index (χ0) is 22.2. The Morgan fingerprint density at radius 3 is 2.60 bits per heavy atom. The molecule has 0 aliphatic carbocycles. The fourth-order valence-electron chi connectivity index (χ4n) is 3.90. The molecule has 0 bridgehead atoms. The first-order valence-corrected chi connectivity index (χ1v) is 10.4. The maximum Gasteiger partial charge on any atom is 0.410 e. The van der Waals surface area contributed by atoms with Crippen LogP contribution in [0.15, 0.2) is 17.1 Å². The first-order valence-electron chi connectivity index (χ1n) is 10.4. The number of amides is 1. The van der Waals surface area contributed by atoms with Crippen LogP contribution in [0.25, 0.3) is 5.65 Å². The lowest BCUT2D eigenvalue weighted by Gasteiger charge is -2.46. The lowest BCUT2D eigenvalue weighted by atomic mass is 10.0. The van der Waals surface area contributed by atoms with Crippen molar-refractivity contribution < 1.29 is 14.3 Å². The van der Waals surface area contributed by atoms with Crippen molar-refractivity contribution in [3.05, 3.63) is 28.3 Å². The van der Waals surface area contributed by atoms with Crippen molar-refractivity contribution in [3.63, 3.8) is 0 Å². The van der Waals surface area contributed by atoms with Crippen LogP contribution in [0.2, 0.25) is 0 Å². The minimum absolute atomic E-state index is 0.00111. The lowest BCUT2D eigenvalue weighted by molar-refractivity contribution is 0.0106. The summed E-state index contributed by atoms with van der Waals surface area (Å²) in [5.41, 5.74) is 1.58. The molecule has 9 heteroatoms. The van der Waals surface area contributed by atoms with E-state index < -0.39 is 5.60 Å². The molecule has 1 aliphatic rings. The number of piperazine rings is 1. The average Bonchev–Trinajstić information content (AvgIpc) is 3.08. The third kappa shape index (κ3) is 4.30. The molecular formula is C21H33N5O4. The Balaban J connectivity index is 1.97. The summed E-state index contributed by atoms with van der Waals surface area (Å²) in [5.74, 6) is 0. The Hall–Kier alpha value is -2.55. The number of methoxy groups -OCH3 is 1. The van der Waals surface area contributed by atoms with Crippen LogP contribution in [-0.4, -0.2) is 63.1 Å². The van der Waals surface area contributed by atoms with Crippen molar-refractivity contribution in [1.82, 2.24) is 19.1 Å². The second-order valence-electron chi connectivity index (χ2n) is 8.92. The number of ether oxygens (including phenoxy) is 2. The van der Waals surface area contributed by atoms with Gasteiger partial charge in [-0.2, -0.15) is 0 Å². The number of carbonyl (C=O) groups is 1. The first kappa shape index (κ1) is 22.1. The second kappa shape index (κ2) is 8.29. The molecule has 0 aromatic carbocycles. The van der Waals surface area contributed by atoms with E-state index in [1.165, 1.54) is 4.68 Å². The summed E-state index contributed by atoms with van der Waals surface area (Å²) in [6.45, 7) is 11.2. The Kier molecular flexibility index (Phi) is 6.12. The van der Waals surface area contributed by atoms with Gasteiger partial charge in [-0.05, 0) is 34.1 Å². The van der Waals surface area contributed by atoms with Gasteiger partial charge in [0.15, 0.2) is 5.65 Å². The largest absolute Gasteiger partial charge is 0.444 e. The molecule has 30 heavy (non-hydrogen) atoms. The molecule has 1 aliphatic heterocycles. The number of nitrogens with zero attached hydrogens (tertiary/aromatic N) is 5. The highest BCUT2D eigenvalue weighted by molar-refractivity contribution is 5.72. The zero-order valence-corrected chi connectivity index (χ0v) is 19.0. The van der Waals surface area contributed by atoms with E-state index in [-0.39, 0.29) is 23.7 Å². The highest BCUT2D eigenvalue weighted by Crippen LogP contribution is 2.28. The van der Waals surface area contributed by atoms with Crippen molar-refractivity contribution in [2.24, 2.45) is 7.05 Å². The summed E-state index contributed by atoms with van der Waals surface area (Å²) in [6, 6.07) is 1.61. The maximum atomic E-state index is 12.8. The standard InChI is InChI=1S/C21H33N5O4/c1-8-16-12-24(14(2)10-25(16)20(28)30-21(3,4)5)17-9-18(27)23(6)26-11-15(13-29-7)22-19(17)26/h9,11,14,16H,8,10,12-13H2,1-7H3/t14-,16+/m0/s1. The normalized spacial score (nSPS) is 20.1. The van der Waals surface area contributed by atoms with E-state index in [2.05, 4.69) is 18.7 Å². The molecule has 1 fully saturated rings. The molecular weight excluding hydrogens is 386 g/mol. The van der Waals surface area contributed by atoms with Gasteiger partial charge < -0.3 is 19.3 Å². The van der Waals surface area contributed by atoms with Crippen molar-refractivity contribution in [1.29, 1.82) is 0 Å². The molecule has 0 saturated carbocycles. The SMILES string of the molecule is CC[C@@H]1CN(c2cc(=O)n(C)n3cc(COC)nc23)[C@@H](C)CN1C(=O)OC(C)(C)C. The van der Waals surface area contributed by atoms with Crippen LogP contribution in [0, 0.1) is 0 Å². The molecule has 166 valence electrons. The summed E-state index contributed by atoms with van der Waals surface area (Å²) in [5, 5.41) is 0. The third-order valence-electron chi connectivity index (χ3n) is 5.41. The number of aryl methyl sites for hydroxylation is 1. The summed E-state index contributed by atoms with van der Waals surface area (Å²) in [6.07, 6.45) is 2.31. The van der Waals surface area contributed by atoms with Gasteiger partial charge in [0.05, 0.1) is 30.2 Å². The second-order valence-corrected chi connectivity index (χ2v) is 8.92. The van der Waals surface area contributed by atoms with E-state index in [1.807, 2.05) is 31.9 Å². The van der Waals surface area contributed by atoms with Crippen LogP contribution in [0.3, 0.4) is 0 Å². The lowest BCUT2D eigenvalue weighted by Crippen LogP contribution is -2.60. The molecule has 3 heterocycles. The van der Waals surface area contributed by atoms with Crippen LogP contribution < -0.4 is 10.5 Å². The molecule has 0 N–H and O–H groups in total. The molecule has 1 saturated heterocycles. The van der Waals surface area contributed by atoms with Gasteiger partial charge in [0, 0.05) is 39.4 Å². The highest BCUT2D eigenvalue weighted by atomic mass is 16.6. The minimum atomic E-state index is -0.541. The summed E-state index contributed by atoms with van der Waals surface area (Å²) in [4.78, 5) is 34.1. The van der Waals surface area contributed by atoms with E-state index in [0.717, 1.165) is 17.8 Å². The van der Waals surface area contributed by atoms with Crippen LogP contribution in [0.4, 0.5) is 10.5 Å². The molecule has 2 atom stereocenters. The molecule has 3 rings (SSSR count). The quantitative estimate of drug-likeness (QED) is 0.757. The van der Waals surface area contributed by atoms with Gasteiger partial charge in [-0.3, -0.25) is 4.79 Å². The number of aromatic nitrogens is 3. The van der Waals surface area contributed by atoms with Crippen LogP contribution in [0.5, 0.6) is 0 Å². The Morgan fingerprint density at radius 2 is 2.00 bits per heavy atom. The number of fused-ring (bicyclic) bond motifs is 1. The average molecular weight is 420 g/mol. The van der Waals surface area contributed by atoms with Gasteiger partial charge >= 0.3 is 6.09 Å². The summed E-state index contributed by atoms with van der Waals surface area (Å²) in [7, 11) is 3.34. The maximum absolute atomic E-state index is 12.8. The van der Waals surface area contributed by atoms with Crippen molar-refractivity contribution in [3.8, 4) is 0 Å². The predicted octanol–water partition coefficient (Wildman–Crippen LogP) is 2.40. The fraction of sp³-hybridized carbons (Fsp3) is 0.667. The predicted molar refractivity (Wildman–Crippen MR) is 115 cm³/mol. The Morgan fingerprint density at radius 1 is 1.30 bits per heavy atom. The van der Waals surface area contributed by atoms with Gasteiger partial charge in [0.2, 0.25) is 0 Å². The van der Waals surface area contributed by atoms with Crippen LogP contribution >= 0.6 is 0 Å². The van der Waals surface area contributed by atoms with E-state index in [4.69, 9.17) is 14.5 Å². The first-order chi connectivity index (χ1) is 14.1. The molecule has 0 radical (unpaired) electrons. The van der Waals surface area contributed by atoms with Gasteiger partial charge in [0.25, 0.3) is 5.56 Å². The van der Waals surface area contributed by atoms with Gasteiger partial charge in [-0.15, -0.1) is 0 Å². The number of carbonyl (C=O) groups excluding carboxylic acids is 1. The van der Waals surface area contributed by atoms with E-state index in [1.54, 1.807) is 24.7 Å². The van der Waals surface area contributed by atoms with Crippen molar-refractivity contribution >= 4 is 17.4 Å². The highest BCUT2D eigenvalue weighted by Gasteiger charge is 2.37. The summed E-state index contributed by atoms with van der Waals surface area (Å²) >= 11 is 0. The van der Waals surface area contributed by atoms with E-state index in [9.17, 15) is 9.59 Å². The van der Waals surface area contributed by atoms with Crippen molar-refractivity contribution in [2.75, 3.05) is 25.1 Å². The van der Waals surface area contributed by atoms with Gasteiger partial charge in [-0.25, -0.2) is 19.0 Å². The molecule has 0 unspecified atom stereocenters. The van der Waals surface area contributed by atoms with Crippen LogP contribution in [0.1, 0.15) is 46.7 Å². The van der Waals surface area contributed by atoms with Gasteiger partial charge in [-0.1, -0.05) is 6.92 Å². The topological polar surface area (TPSA) is 81.3 Å². The van der Waals surface area contributed by atoms with Gasteiger partial charge in [0.1, 0.15) is 5.60 Å². The van der Waals surface area contributed by atoms with Crippen molar-refractivity contribution in [2.45, 2.75) is 65.3 Å². The number of anilines is 1. The molecule has 9 nitrogen and oxygen atoms in total. The molecule has 2 aromatic rings. The number of hydrogen-bond donors (Lipinski definition) is 0. The van der Waals surface area contributed by atoms with E-state index in [0.29, 0.717) is 25.3 Å². The molecule has 2 aromatic heterocycles. The summed E-state index contributed by atoms with van der Waals surface area (Å²) < 4.78 is 14.1. The monoisotopic (exact) mass is 419 g/mol. The van der Waals surface area contributed by atoms with Crippen LogP contribution in [-0.2, 0) is 23.1 Å². The smallest absolute Gasteiger partial charge is 0.410 e. The molecule has 0 spiro atoms. The van der Waals surface area contributed by atoms with E-state index >= 15 is 0 Å². The Labute approximate surface area is 177 Å².